The van der Waals surface area contributed by atoms with E-state index in [-0.39, 0.29) is 22.0 Å². The maximum Gasteiger partial charge on any atom is 0.338 e. The standard InChI is InChI=1S/C23H21ClN2O5S/c1-16-7-10-19(11-8-16)26-22(27)15-31-23(28)18-9-12-20(24)21(13-18)32(29,30)25-14-17-5-3-2-4-6-17/h2-13,25H,14-15H2,1H3,(H,26,27). The number of aryl methyl sites for hydroxylation is 1. The lowest BCUT2D eigenvalue weighted by Gasteiger charge is -2.11. The second-order valence-corrected chi connectivity index (χ2v) is 9.09. The predicted octanol–water partition coefficient (Wildman–Crippen LogP) is 3.92. The van der Waals surface area contributed by atoms with Crippen LogP contribution in [0, 0.1) is 6.92 Å². The molecule has 32 heavy (non-hydrogen) atoms. The van der Waals surface area contributed by atoms with Gasteiger partial charge in [0.15, 0.2) is 6.61 Å². The van der Waals surface area contributed by atoms with Crippen LogP contribution in [0.1, 0.15) is 21.5 Å². The van der Waals surface area contributed by atoms with Crippen LogP contribution < -0.4 is 10.0 Å². The molecule has 3 aromatic carbocycles. The average molecular weight is 473 g/mol. The Balaban J connectivity index is 1.64. The van der Waals surface area contributed by atoms with E-state index in [1.807, 2.05) is 25.1 Å². The van der Waals surface area contributed by atoms with Crippen molar-refractivity contribution in [1.29, 1.82) is 0 Å². The molecule has 9 heteroatoms. The van der Waals surface area contributed by atoms with Crippen LogP contribution in [0.2, 0.25) is 5.02 Å². The lowest BCUT2D eigenvalue weighted by molar-refractivity contribution is -0.119. The van der Waals surface area contributed by atoms with Crippen molar-refractivity contribution < 1.29 is 22.7 Å². The van der Waals surface area contributed by atoms with Crippen LogP contribution in [0.5, 0.6) is 0 Å². The Bertz CT molecular complexity index is 1210. The minimum absolute atomic E-state index is 0.0424. The van der Waals surface area contributed by atoms with Crippen molar-refractivity contribution in [2.24, 2.45) is 0 Å². The van der Waals surface area contributed by atoms with Gasteiger partial charge in [-0.3, -0.25) is 4.79 Å². The molecule has 0 heterocycles. The van der Waals surface area contributed by atoms with Crippen LogP contribution in [0.4, 0.5) is 5.69 Å². The summed E-state index contributed by atoms with van der Waals surface area (Å²) in [6.07, 6.45) is 0. The van der Waals surface area contributed by atoms with Crippen LogP contribution in [-0.4, -0.2) is 26.9 Å². The number of hydrogen-bond donors (Lipinski definition) is 2. The molecule has 0 unspecified atom stereocenters. The van der Waals surface area contributed by atoms with Crippen LogP contribution >= 0.6 is 11.6 Å². The summed E-state index contributed by atoms with van der Waals surface area (Å²) >= 11 is 6.06. The number of halogens is 1. The van der Waals surface area contributed by atoms with E-state index in [2.05, 4.69) is 10.0 Å². The van der Waals surface area contributed by atoms with Gasteiger partial charge in [-0.15, -0.1) is 0 Å². The van der Waals surface area contributed by atoms with Crippen LogP contribution in [-0.2, 0) is 26.1 Å². The summed E-state index contributed by atoms with van der Waals surface area (Å²) in [5.74, 6) is -1.37. The molecule has 0 spiro atoms. The maximum absolute atomic E-state index is 12.7. The Morgan fingerprint density at radius 3 is 2.34 bits per heavy atom. The highest BCUT2D eigenvalue weighted by atomic mass is 35.5. The predicted molar refractivity (Wildman–Crippen MR) is 122 cm³/mol. The molecule has 0 atom stereocenters. The first kappa shape index (κ1) is 23.5. The normalized spacial score (nSPS) is 11.1. The first-order chi connectivity index (χ1) is 15.2. The summed E-state index contributed by atoms with van der Waals surface area (Å²) in [6.45, 7) is 1.46. The molecule has 0 radical (unpaired) electrons. The van der Waals surface area contributed by atoms with Crippen molar-refractivity contribution in [2.45, 2.75) is 18.4 Å². The zero-order valence-corrected chi connectivity index (χ0v) is 18.7. The molecule has 0 aliphatic rings. The van der Waals surface area contributed by atoms with Gasteiger partial charge in [0.1, 0.15) is 4.90 Å². The number of nitrogens with one attached hydrogen (secondary N) is 2. The van der Waals surface area contributed by atoms with Crippen molar-refractivity contribution in [3.63, 3.8) is 0 Å². The molecular weight excluding hydrogens is 452 g/mol. The number of ether oxygens (including phenoxy) is 1. The molecule has 2 N–H and O–H groups in total. The molecule has 0 saturated carbocycles. The third-order valence-electron chi connectivity index (χ3n) is 4.44. The Morgan fingerprint density at radius 1 is 0.969 bits per heavy atom. The molecule has 3 rings (SSSR count). The SMILES string of the molecule is Cc1ccc(NC(=O)COC(=O)c2ccc(Cl)c(S(=O)(=O)NCc3ccccc3)c2)cc1. The summed E-state index contributed by atoms with van der Waals surface area (Å²) in [7, 11) is -3.99. The topological polar surface area (TPSA) is 102 Å². The monoisotopic (exact) mass is 472 g/mol. The van der Waals surface area contributed by atoms with Gasteiger partial charge >= 0.3 is 5.97 Å². The molecule has 0 fully saturated rings. The van der Waals surface area contributed by atoms with Gasteiger partial charge in [0, 0.05) is 12.2 Å². The Morgan fingerprint density at radius 2 is 1.66 bits per heavy atom. The van der Waals surface area contributed by atoms with E-state index in [4.69, 9.17) is 16.3 Å². The highest BCUT2D eigenvalue weighted by Crippen LogP contribution is 2.23. The van der Waals surface area contributed by atoms with Gasteiger partial charge in [-0.05, 0) is 42.8 Å². The van der Waals surface area contributed by atoms with Crippen LogP contribution in [0.3, 0.4) is 0 Å². The number of hydrogen-bond acceptors (Lipinski definition) is 5. The van der Waals surface area contributed by atoms with Gasteiger partial charge < -0.3 is 10.1 Å². The third kappa shape index (κ3) is 6.40. The fraction of sp³-hybridized carbons (Fsp3) is 0.130. The first-order valence-electron chi connectivity index (χ1n) is 9.61. The van der Waals surface area contributed by atoms with Crippen molar-refractivity contribution >= 4 is 39.2 Å². The molecule has 0 bridgehead atoms. The minimum atomic E-state index is -3.99. The fourth-order valence-corrected chi connectivity index (χ4v) is 4.28. The number of sulfonamides is 1. The van der Waals surface area contributed by atoms with E-state index in [1.165, 1.54) is 12.1 Å². The van der Waals surface area contributed by atoms with Crippen molar-refractivity contribution in [3.8, 4) is 0 Å². The highest BCUT2D eigenvalue weighted by molar-refractivity contribution is 7.89. The molecule has 166 valence electrons. The molecule has 3 aromatic rings. The first-order valence-corrected chi connectivity index (χ1v) is 11.5. The molecular formula is C23H21ClN2O5S. The fourth-order valence-electron chi connectivity index (χ4n) is 2.74. The van der Waals surface area contributed by atoms with Gasteiger partial charge in [-0.25, -0.2) is 17.9 Å². The molecule has 7 nitrogen and oxygen atoms in total. The van der Waals surface area contributed by atoms with Gasteiger partial charge in [0.05, 0.1) is 10.6 Å². The molecule has 0 saturated heterocycles. The molecule has 1 amide bonds. The number of carbonyl (C=O) groups is 2. The number of carbonyl (C=O) groups excluding carboxylic acids is 2. The molecule has 0 aliphatic heterocycles. The summed E-state index contributed by atoms with van der Waals surface area (Å²) in [4.78, 5) is 24.1. The third-order valence-corrected chi connectivity index (χ3v) is 6.32. The average Bonchev–Trinajstić information content (AvgIpc) is 2.78. The summed E-state index contributed by atoms with van der Waals surface area (Å²) in [5, 5.41) is 2.57. The Kier molecular flexibility index (Phi) is 7.63. The van der Waals surface area contributed by atoms with Crippen molar-refractivity contribution in [2.75, 3.05) is 11.9 Å². The van der Waals surface area contributed by atoms with E-state index in [0.29, 0.717) is 5.69 Å². The second kappa shape index (κ2) is 10.4. The largest absolute Gasteiger partial charge is 0.452 e. The zero-order valence-electron chi connectivity index (χ0n) is 17.2. The number of esters is 1. The summed E-state index contributed by atoms with van der Waals surface area (Å²) in [5.41, 5.74) is 2.34. The summed E-state index contributed by atoms with van der Waals surface area (Å²) in [6, 6.07) is 19.8. The smallest absolute Gasteiger partial charge is 0.338 e. The lowest BCUT2D eigenvalue weighted by atomic mass is 10.2. The van der Waals surface area contributed by atoms with Gasteiger partial charge in [0.25, 0.3) is 5.91 Å². The van der Waals surface area contributed by atoms with E-state index < -0.39 is 28.5 Å². The Hall–Kier alpha value is -3.20. The van der Waals surface area contributed by atoms with E-state index >= 15 is 0 Å². The van der Waals surface area contributed by atoms with E-state index in [1.54, 1.807) is 36.4 Å². The van der Waals surface area contributed by atoms with Crippen LogP contribution in [0.25, 0.3) is 0 Å². The quantitative estimate of drug-likeness (QED) is 0.484. The van der Waals surface area contributed by atoms with E-state index in [9.17, 15) is 18.0 Å². The van der Waals surface area contributed by atoms with Crippen molar-refractivity contribution in [1.82, 2.24) is 4.72 Å². The maximum atomic E-state index is 12.7. The molecule has 0 aliphatic carbocycles. The van der Waals surface area contributed by atoms with Crippen molar-refractivity contribution in [3.05, 3.63) is 94.5 Å². The van der Waals surface area contributed by atoms with Crippen LogP contribution in [0.15, 0.2) is 77.7 Å². The summed E-state index contributed by atoms with van der Waals surface area (Å²) < 4.78 is 32.8. The number of benzene rings is 3. The van der Waals surface area contributed by atoms with Gasteiger partial charge in [-0.1, -0.05) is 59.6 Å². The zero-order chi connectivity index (χ0) is 23.1. The number of anilines is 1. The molecule has 0 aromatic heterocycles. The van der Waals surface area contributed by atoms with Gasteiger partial charge in [-0.2, -0.15) is 0 Å². The number of amides is 1. The minimum Gasteiger partial charge on any atom is -0.452 e. The highest BCUT2D eigenvalue weighted by Gasteiger charge is 2.21. The Labute approximate surface area is 191 Å². The van der Waals surface area contributed by atoms with Gasteiger partial charge in [0.2, 0.25) is 10.0 Å². The second-order valence-electron chi connectivity index (χ2n) is 6.95. The lowest BCUT2D eigenvalue weighted by Crippen LogP contribution is -2.24. The number of rotatable bonds is 8. The van der Waals surface area contributed by atoms with E-state index in [0.717, 1.165) is 17.2 Å².